The Bertz CT molecular complexity index is 776. The van der Waals surface area contributed by atoms with E-state index in [4.69, 9.17) is 4.74 Å². The largest absolute Gasteiger partial charge is 0.490 e. The minimum atomic E-state index is -0.662. The molecule has 1 aliphatic rings. The number of anilines is 1. The molecule has 1 atom stereocenters. The highest BCUT2D eigenvalue weighted by Gasteiger charge is 2.21. The molecule has 0 spiro atoms. The van der Waals surface area contributed by atoms with Gasteiger partial charge in [-0.15, -0.1) is 0 Å². The molecule has 144 valence electrons. The SMILES string of the molecule is CC(=O)c1ccccc1OC[C@@H](O)CN1CCN(c2ccccc2F)CC1. The zero-order valence-corrected chi connectivity index (χ0v) is 15.5. The van der Waals surface area contributed by atoms with Gasteiger partial charge in [0, 0.05) is 32.7 Å². The number of carbonyl (C=O) groups is 1. The molecule has 1 aliphatic heterocycles. The van der Waals surface area contributed by atoms with E-state index < -0.39 is 6.10 Å². The fourth-order valence-corrected chi connectivity index (χ4v) is 3.30. The molecule has 5 nitrogen and oxygen atoms in total. The van der Waals surface area contributed by atoms with Crippen LogP contribution in [-0.2, 0) is 0 Å². The van der Waals surface area contributed by atoms with Gasteiger partial charge in [-0.05, 0) is 31.2 Å². The Morgan fingerprint density at radius 3 is 2.48 bits per heavy atom. The van der Waals surface area contributed by atoms with Gasteiger partial charge in [0.1, 0.15) is 24.3 Å². The minimum absolute atomic E-state index is 0.0654. The molecular formula is C21H25FN2O3. The van der Waals surface area contributed by atoms with Crippen molar-refractivity contribution in [3.63, 3.8) is 0 Å². The maximum absolute atomic E-state index is 13.9. The zero-order chi connectivity index (χ0) is 19.2. The van der Waals surface area contributed by atoms with E-state index in [-0.39, 0.29) is 18.2 Å². The van der Waals surface area contributed by atoms with Crippen molar-refractivity contribution in [2.24, 2.45) is 0 Å². The molecule has 0 aliphatic carbocycles. The Labute approximate surface area is 159 Å². The average Bonchev–Trinajstić information content (AvgIpc) is 2.68. The molecule has 1 heterocycles. The van der Waals surface area contributed by atoms with Crippen LogP contribution >= 0.6 is 0 Å². The smallest absolute Gasteiger partial charge is 0.163 e. The van der Waals surface area contributed by atoms with Gasteiger partial charge >= 0.3 is 0 Å². The molecule has 6 heteroatoms. The van der Waals surface area contributed by atoms with Crippen LogP contribution in [0.2, 0.25) is 0 Å². The van der Waals surface area contributed by atoms with Crippen LogP contribution in [0.5, 0.6) is 5.75 Å². The molecule has 1 N–H and O–H groups in total. The number of benzene rings is 2. The van der Waals surface area contributed by atoms with Gasteiger partial charge in [0.05, 0.1) is 11.3 Å². The first kappa shape index (κ1) is 19.3. The van der Waals surface area contributed by atoms with Crippen molar-refractivity contribution in [2.45, 2.75) is 13.0 Å². The van der Waals surface area contributed by atoms with Crippen molar-refractivity contribution in [3.05, 3.63) is 59.9 Å². The van der Waals surface area contributed by atoms with Crippen molar-refractivity contribution in [1.29, 1.82) is 0 Å². The van der Waals surface area contributed by atoms with Crippen LogP contribution in [0.1, 0.15) is 17.3 Å². The van der Waals surface area contributed by atoms with Gasteiger partial charge in [-0.25, -0.2) is 4.39 Å². The van der Waals surface area contributed by atoms with E-state index in [2.05, 4.69) is 4.90 Å². The van der Waals surface area contributed by atoms with Gasteiger partial charge < -0.3 is 14.7 Å². The normalized spacial score (nSPS) is 16.2. The Hall–Kier alpha value is -2.44. The lowest BCUT2D eigenvalue weighted by Gasteiger charge is -2.37. The van der Waals surface area contributed by atoms with Crippen LogP contribution in [0, 0.1) is 5.82 Å². The molecule has 2 aromatic rings. The molecule has 0 unspecified atom stereocenters. The van der Waals surface area contributed by atoms with Crippen molar-refractivity contribution >= 4 is 11.5 Å². The molecule has 3 rings (SSSR count). The van der Waals surface area contributed by atoms with E-state index in [1.165, 1.54) is 13.0 Å². The number of rotatable bonds is 7. The van der Waals surface area contributed by atoms with Crippen molar-refractivity contribution in [2.75, 3.05) is 44.2 Å². The highest BCUT2D eigenvalue weighted by atomic mass is 19.1. The third-order valence-corrected chi connectivity index (χ3v) is 4.73. The fraction of sp³-hybridized carbons (Fsp3) is 0.381. The molecule has 27 heavy (non-hydrogen) atoms. The van der Waals surface area contributed by atoms with Crippen LogP contribution in [0.15, 0.2) is 48.5 Å². The molecule has 0 saturated carbocycles. The number of piperazine rings is 1. The summed E-state index contributed by atoms with van der Waals surface area (Å²) in [6, 6.07) is 13.8. The van der Waals surface area contributed by atoms with Crippen LogP contribution in [0.25, 0.3) is 0 Å². The van der Waals surface area contributed by atoms with E-state index in [1.807, 2.05) is 11.0 Å². The molecule has 1 fully saturated rings. The van der Waals surface area contributed by atoms with Gasteiger partial charge in [0.25, 0.3) is 0 Å². The second-order valence-electron chi connectivity index (χ2n) is 6.76. The summed E-state index contributed by atoms with van der Waals surface area (Å²) < 4.78 is 19.5. The van der Waals surface area contributed by atoms with Crippen molar-refractivity contribution in [3.8, 4) is 5.75 Å². The monoisotopic (exact) mass is 372 g/mol. The van der Waals surface area contributed by atoms with Gasteiger partial charge in [-0.3, -0.25) is 9.69 Å². The zero-order valence-electron chi connectivity index (χ0n) is 15.5. The summed E-state index contributed by atoms with van der Waals surface area (Å²) in [5.74, 6) is 0.223. The Kier molecular flexibility index (Phi) is 6.42. The summed E-state index contributed by atoms with van der Waals surface area (Å²) in [5, 5.41) is 10.3. The number of Topliss-reactive ketones (excluding diaryl/α,β-unsaturated/α-hetero) is 1. The lowest BCUT2D eigenvalue weighted by Crippen LogP contribution is -2.49. The molecule has 0 radical (unpaired) electrons. The fourth-order valence-electron chi connectivity index (χ4n) is 3.30. The number of nitrogens with zero attached hydrogens (tertiary/aromatic N) is 2. The number of carbonyl (C=O) groups excluding carboxylic acids is 1. The number of halogens is 1. The maximum Gasteiger partial charge on any atom is 0.163 e. The lowest BCUT2D eigenvalue weighted by molar-refractivity contribution is 0.0656. The number of hydrogen-bond donors (Lipinski definition) is 1. The molecule has 0 bridgehead atoms. The number of β-amino-alcohol motifs (C(OH)–C–C–N with tert-alkyl or cyclic N) is 1. The predicted octanol–water partition coefficient (Wildman–Crippen LogP) is 2.59. The van der Waals surface area contributed by atoms with Gasteiger partial charge in [0.2, 0.25) is 0 Å². The first-order valence-electron chi connectivity index (χ1n) is 9.17. The summed E-state index contributed by atoms with van der Waals surface area (Å²) in [6.07, 6.45) is -0.662. The van der Waals surface area contributed by atoms with E-state index in [9.17, 15) is 14.3 Å². The van der Waals surface area contributed by atoms with Crippen LogP contribution in [0.3, 0.4) is 0 Å². The summed E-state index contributed by atoms with van der Waals surface area (Å²) in [7, 11) is 0. The van der Waals surface area contributed by atoms with E-state index >= 15 is 0 Å². The summed E-state index contributed by atoms with van der Waals surface area (Å²) in [6.45, 7) is 5.01. The Morgan fingerprint density at radius 2 is 1.78 bits per heavy atom. The molecule has 1 saturated heterocycles. The first-order valence-corrected chi connectivity index (χ1v) is 9.17. The second kappa shape index (κ2) is 8.97. The summed E-state index contributed by atoms with van der Waals surface area (Å²) in [5.41, 5.74) is 1.14. The summed E-state index contributed by atoms with van der Waals surface area (Å²) in [4.78, 5) is 15.8. The molecule has 0 amide bonds. The predicted molar refractivity (Wildman–Crippen MR) is 103 cm³/mol. The minimum Gasteiger partial charge on any atom is -0.490 e. The molecular weight excluding hydrogens is 347 g/mol. The Balaban J connectivity index is 1.47. The number of aliphatic hydroxyl groups excluding tert-OH is 1. The quantitative estimate of drug-likeness (QED) is 0.757. The van der Waals surface area contributed by atoms with E-state index in [0.717, 1.165) is 13.1 Å². The number of aliphatic hydroxyl groups is 1. The van der Waals surface area contributed by atoms with Crippen LogP contribution < -0.4 is 9.64 Å². The van der Waals surface area contributed by atoms with E-state index in [1.54, 1.807) is 36.4 Å². The van der Waals surface area contributed by atoms with Gasteiger partial charge in [-0.2, -0.15) is 0 Å². The van der Waals surface area contributed by atoms with Crippen LogP contribution in [0.4, 0.5) is 10.1 Å². The topological polar surface area (TPSA) is 53.0 Å². The first-order chi connectivity index (χ1) is 13.0. The average molecular weight is 372 g/mol. The third kappa shape index (κ3) is 5.05. The maximum atomic E-state index is 13.9. The lowest BCUT2D eigenvalue weighted by atomic mass is 10.1. The van der Waals surface area contributed by atoms with E-state index in [0.29, 0.717) is 36.6 Å². The van der Waals surface area contributed by atoms with Gasteiger partial charge in [0.15, 0.2) is 5.78 Å². The number of ether oxygens (including phenoxy) is 1. The number of hydrogen-bond acceptors (Lipinski definition) is 5. The van der Waals surface area contributed by atoms with Gasteiger partial charge in [-0.1, -0.05) is 24.3 Å². The number of para-hydroxylation sites is 2. The third-order valence-electron chi connectivity index (χ3n) is 4.73. The van der Waals surface area contributed by atoms with Crippen molar-refractivity contribution in [1.82, 2.24) is 4.90 Å². The summed E-state index contributed by atoms with van der Waals surface area (Å²) >= 11 is 0. The van der Waals surface area contributed by atoms with Crippen LogP contribution in [-0.4, -0.2) is 61.2 Å². The second-order valence-corrected chi connectivity index (χ2v) is 6.76. The van der Waals surface area contributed by atoms with Crippen molar-refractivity contribution < 1.29 is 19.0 Å². The number of ketones is 1. The Morgan fingerprint density at radius 1 is 1.11 bits per heavy atom. The molecule has 2 aromatic carbocycles. The standard InChI is InChI=1S/C21H25FN2O3/c1-16(25)18-6-2-5-9-21(18)27-15-17(26)14-23-10-12-24(13-11-23)20-8-4-3-7-19(20)22/h2-9,17,26H,10-15H2,1H3/t17-/m0/s1. The molecule has 0 aromatic heterocycles. The highest BCUT2D eigenvalue weighted by molar-refractivity contribution is 5.96. The highest BCUT2D eigenvalue weighted by Crippen LogP contribution is 2.21.